The number of benzene rings is 1. The molecule has 6 heteroatoms. The molecule has 4 N–H and O–H groups in total. The molecule has 5 nitrogen and oxygen atoms in total. The highest BCUT2D eigenvalue weighted by Crippen LogP contribution is 2.40. The summed E-state index contributed by atoms with van der Waals surface area (Å²) < 4.78 is 0. The Morgan fingerprint density at radius 2 is 2.12 bits per heavy atom. The number of anilines is 1. The van der Waals surface area contributed by atoms with Gasteiger partial charge in [-0.3, -0.25) is 4.79 Å². The molecule has 2 atom stereocenters. The number of fused-ring (bicyclic) bond motifs is 3. The monoisotopic (exact) mass is 358 g/mol. The van der Waals surface area contributed by atoms with Gasteiger partial charge in [0.05, 0.1) is 23.0 Å². The number of amides is 1. The van der Waals surface area contributed by atoms with Gasteiger partial charge in [0.15, 0.2) is 0 Å². The van der Waals surface area contributed by atoms with Crippen LogP contribution in [0.4, 0.5) is 5.00 Å². The Hall–Kier alpha value is -2.05. The lowest BCUT2D eigenvalue weighted by Crippen LogP contribution is -3.14. The maximum Gasteiger partial charge on any atom is 0.256 e. The van der Waals surface area contributed by atoms with E-state index in [1.165, 1.54) is 10.4 Å². The first kappa shape index (κ1) is 16.4. The highest BCUT2D eigenvalue weighted by Gasteiger charge is 2.35. The van der Waals surface area contributed by atoms with Crippen molar-refractivity contribution in [2.24, 2.45) is 0 Å². The van der Waals surface area contributed by atoms with Crippen LogP contribution in [0.15, 0.2) is 18.2 Å². The quantitative estimate of drug-likeness (QED) is 0.664. The Morgan fingerprint density at radius 3 is 2.88 bits per heavy atom. The van der Waals surface area contributed by atoms with Gasteiger partial charge in [-0.25, -0.2) is 0 Å². The van der Waals surface area contributed by atoms with E-state index in [1.807, 2.05) is 19.1 Å². The van der Waals surface area contributed by atoms with E-state index in [9.17, 15) is 9.90 Å². The predicted molar refractivity (Wildman–Crippen MR) is 99.4 cm³/mol. The van der Waals surface area contributed by atoms with E-state index in [0.29, 0.717) is 11.6 Å². The van der Waals surface area contributed by atoms with Crippen molar-refractivity contribution in [2.45, 2.75) is 45.9 Å². The number of thiophene rings is 1. The van der Waals surface area contributed by atoms with Crippen molar-refractivity contribution < 1.29 is 14.8 Å². The molecule has 1 aromatic heterocycles. The zero-order valence-corrected chi connectivity index (χ0v) is 15.6. The van der Waals surface area contributed by atoms with E-state index < -0.39 is 6.17 Å². The van der Waals surface area contributed by atoms with Gasteiger partial charge < -0.3 is 20.6 Å². The fraction of sp³-hybridized carbons (Fsp3) is 0.421. The lowest BCUT2D eigenvalue weighted by molar-refractivity contribution is -0.936. The minimum Gasteiger partial charge on any atom is -0.508 e. The van der Waals surface area contributed by atoms with Gasteiger partial charge in [-0.2, -0.15) is 0 Å². The molecule has 0 saturated carbocycles. The fourth-order valence-corrected chi connectivity index (χ4v) is 5.09. The third kappa shape index (κ3) is 2.79. The van der Waals surface area contributed by atoms with Crippen molar-refractivity contribution in [3.63, 3.8) is 0 Å². The van der Waals surface area contributed by atoms with Crippen LogP contribution in [0.5, 0.6) is 5.75 Å². The Labute approximate surface area is 151 Å². The molecule has 25 heavy (non-hydrogen) atoms. The number of hydrogen-bond acceptors (Lipinski definition) is 4. The Kier molecular flexibility index (Phi) is 3.96. The smallest absolute Gasteiger partial charge is 0.256 e. The minimum atomic E-state index is -0.395. The molecule has 2 aliphatic heterocycles. The number of carbonyl (C=O) groups is 1. The van der Waals surface area contributed by atoms with Gasteiger partial charge in [0.1, 0.15) is 23.5 Å². The van der Waals surface area contributed by atoms with Crippen LogP contribution in [-0.4, -0.2) is 23.6 Å². The van der Waals surface area contributed by atoms with Crippen molar-refractivity contribution in [1.29, 1.82) is 0 Å². The molecule has 1 amide bonds. The van der Waals surface area contributed by atoms with Crippen molar-refractivity contribution in [3.8, 4) is 5.75 Å². The van der Waals surface area contributed by atoms with E-state index >= 15 is 0 Å². The minimum absolute atomic E-state index is 0.0369. The number of aryl methyl sites for hydroxylation is 1. The SMILES string of the molecule is Cc1ccc(O)c([C@@H]2NC(=O)c3c(sc4c3CC[NH+](C(C)C)C4)N2)c1. The summed E-state index contributed by atoms with van der Waals surface area (Å²) in [5, 5.41) is 17.6. The first-order chi connectivity index (χ1) is 11.9. The van der Waals surface area contributed by atoms with Crippen LogP contribution in [0.3, 0.4) is 0 Å². The lowest BCUT2D eigenvalue weighted by Gasteiger charge is -2.29. The van der Waals surface area contributed by atoms with Crippen molar-refractivity contribution >= 4 is 22.2 Å². The largest absolute Gasteiger partial charge is 0.508 e. The number of rotatable bonds is 2. The molecule has 1 aromatic carbocycles. The van der Waals surface area contributed by atoms with E-state index in [-0.39, 0.29) is 11.7 Å². The van der Waals surface area contributed by atoms with Gasteiger partial charge in [0, 0.05) is 12.0 Å². The topological polar surface area (TPSA) is 65.8 Å². The molecular weight excluding hydrogens is 334 g/mol. The summed E-state index contributed by atoms with van der Waals surface area (Å²) in [5.74, 6) is 0.161. The molecule has 0 aliphatic carbocycles. The van der Waals surface area contributed by atoms with Crippen LogP contribution in [0.1, 0.15) is 51.9 Å². The Balaban J connectivity index is 1.68. The molecule has 0 spiro atoms. The molecule has 2 aromatic rings. The average molecular weight is 358 g/mol. The molecule has 0 saturated heterocycles. The van der Waals surface area contributed by atoms with E-state index in [1.54, 1.807) is 22.3 Å². The van der Waals surface area contributed by atoms with Crippen LogP contribution in [-0.2, 0) is 13.0 Å². The Morgan fingerprint density at radius 1 is 1.32 bits per heavy atom. The van der Waals surface area contributed by atoms with Crippen LogP contribution >= 0.6 is 11.3 Å². The highest BCUT2D eigenvalue weighted by atomic mass is 32.1. The zero-order chi connectivity index (χ0) is 17.7. The molecule has 1 unspecified atom stereocenters. The first-order valence-corrected chi connectivity index (χ1v) is 9.61. The number of hydrogen-bond donors (Lipinski definition) is 4. The van der Waals surface area contributed by atoms with Crippen molar-refractivity contribution in [1.82, 2.24) is 5.32 Å². The second-order valence-corrected chi connectivity index (χ2v) is 8.42. The van der Waals surface area contributed by atoms with Crippen LogP contribution < -0.4 is 15.5 Å². The fourth-order valence-electron chi connectivity index (χ4n) is 3.77. The molecule has 132 valence electrons. The number of aromatic hydroxyl groups is 1. The van der Waals surface area contributed by atoms with Crippen molar-refractivity contribution in [2.75, 3.05) is 11.9 Å². The average Bonchev–Trinajstić information content (AvgIpc) is 2.94. The number of quaternary nitrogens is 1. The summed E-state index contributed by atoms with van der Waals surface area (Å²) >= 11 is 1.70. The van der Waals surface area contributed by atoms with E-state index in [2.05, 4.69) is 24.5 Å². The standard InChI is InChI=1S/C19H23N3O2S/c1-10(2)22-7-6-12-15(9-22)25-19-16(12)18(24)20-17(21-19)13-8-11(3)4-5-14(13)23/h4-5,8,10,17,21,23H,6-7,9H2,1-3H3,(H,20,24)/p+1/t17-/m1/s1. The molecule has 0 fully saturated rings. The summed E-state index contributed by atoms with van der Waals surface area (Å²) in [6.07, 6.45) is 0.554. The maximum absolute atomic E-state index is 12.8. The predicted octanol–water partition coefficient (Wildman–Crippen LogP) is 1.97. The third-order valence-electron chi connectivity index (χ3n) is 5.26. The number of nitrogens with one attached hydrogen (secondary N) is 3. The normalized spacial score (nSPS) is 22.2. The van der Waals surface area contributed by atoms with Gasteiger partial charge in [-0.15, -0.1) is 11.3 Å². The maximum atomic E-state index is 12.8. The number of carbonyl (C=O) groups excluding carboxylic acids is 1. The van der Waals surface area contributed by atoms with Gasteiger partial charge >= 0.3 is 0 Å². The third-order valence-corrected chi connectivity index (χ3v) is 6.43. The number of phenolic OH excluding ortho intramolecular Hbond substituents is 1. The van der Waals surface area contributed by atoms with Crippen molar-refractivity contribution in [3.05, 3.63) is 45.3 Å². The van der Waals surface area contributed by atoms with E-state index in [4.69, 9.17) is 0 Å². The molecule has 0 radical (unpaired) electrons. The summed E-state index contributed by atoms with van der Waals surface area (Å²) in [4.78, 5) is 15.7. The van der Waals surface area contributed by atoms with Gasteiger partial charge in [0.2, 0.25) is 0 Å². The highest BCUT2D eigenvalue weighted by molar-refractivity contribution is 7.16. The molecule has 2 aliphatic rings. The summed E-state index contributed by atoms with van der Waals surface area (Å²) in [6, 6.07) is 6.04. The van der Waals surface area contributed by atoms with Gasteiger partial charge in [0.25, 0.3) is 5.91 Å². The number of phenols is 1. The summed E-state index contributed by atoms with van der Waals surface area (Å²) in [6.45, 7) is 8.53. The van der Waals surface area contributed by atoms with Gasteiger partial charge in [-0.1, -0.05) is 11.6 Å². The zero-order valence-electron chi connectivity index (χ0n) is 14.8. The second kappa shape index (κ2) is 6.04. The van der Waals surface area contributed by atoms with Crippen LogP contribution in [0.2, 0.25) is 0 Å². The van der Waals surface area contributed by atoms with Crippen LogP contribution in [0.25, 0.3) is 0 Å². The summed E-state index contributed by atoms with van der Waals surface area (Å²) in [7, 11) is 0. The van der Waals surface area contributed by atoms with Crippen LogP contribution in [0, 0.1) is 6.92 Å². The first-order valence-electron chi connectivity index (χ1n) is 8.80. The molecular formula is C19H24N3O2S+. The summed E-state index contributed by atoms with van der Waals surface area (Å²) in [5.41, 5.74) is 3.78. The van der Waals surface area contributed by atoms with Gasteiger partial charge in [-0.05, 0) is 38.5 Å². The second-order valence-electron chi connectivity index (χ2n) is 7.31. The molecule has 3 heterocycles. The molecule has 4 rings (SSSR count). The lowest BCUT2D eigenvalue weighted by atomic mass is 9.99. The Bertz CT molecular complexity index is 843. The molecule has 0 bridgehead atoms. The van der Waals surface area contributed by atoms with E-state index in [0.717, 1.165) is 35.6 Å².